The van der Waals surface area contributed by atoms with E-state index in [0.717, 1.165) is 5.56 Å². The maximum absolute atomic E-state index is 13.2. The molecule has 0 bridgehead atoms. The Kier molecular flexibility index (Phi) is 6.66. The first-order chi connectivity index (χ1) is 14.4. The van der Waals surface area contributed by atoms with Crippen molar-refractivity contribution in [2.24, 2.45) is 0 Å². The number of nitrogens with zero attached hydrogens (tertiary/aromatic N) is 1. The number of hydrogen-bond donors (Lipinski definition) is 2. The van der Waals surface area contributed by atoms with Gasteiger partial charge < -0.3 is 20.3 Å². The monoisotopic (exact) mass is 413 g/mol. The molecule has 0 aromatic heterocycles. The average molecular weight is 413 g/mol. The highest BCUT2D eigenvalue weighted by Gasteiger charge is 2.39. The van der Waals surface area contributed by atoms with Gasteiger partial charge in [-0.1, -0.05) is 24.3 Å². The molecule has 2 aromatic rings. The third-order valence-electron chi connectivity index (χ3n) is 5.13. The minimum atomic E-state index is -0.426. The first kappa shape index (κ1) is 21.3. The molecule has 8 heteroatoms. The second-order valence-corrected chi connectivity index (χ2v) is 7.09. The van der Waals surface area contributed by atoms with Crippen molar-refractivity contribution in [3.05, 3.63) is 65.5 Å². The molecule has 0 unspecified atom stereocenters. The summed E-state index contributed by atoms with van der Waals surface area (Å²) < 4.78 is 18.4. The van der Waals surface area contributed by atoms with Crippen molar-refractivity contribution in [2.45, 2.75) is 24.9 Å². The number of carbonyl (C=O) groups excluding carboxylic acids is 3. The van der Waals surface area contributed by atoms with Crippen molar-refractivity contribution < 1.29 is 23.5 Å². The molecule has 1 heterocycles. The second kappa shape index (κ2) is 9.39. The van der Waals surface area contributed by atoms with E-state index in [4.69, 9.17) is 4.74 Å². The number of amides is 3. The van der Waals surface area contributed by atoms with Gasteiger partial charge in [-0.15, -0.1) is 0 Å². The van der Waals surface area contributed by atoms with Gasteiger partial charge in [-0.25, -0.2) is 4.39 Å². The third-order valence-corrected chi connectivity index (χ3v) is 5.13. The van der Waals surface area contributed by atoms with Crippen LogP contribution in [-0.4, -0.2) is 49.4 Å². The summed E-state index contributed by atoms with van der Waals surface area (Å²) in [5, 5.41) is 5.57. The van der Waals surface area contributed by atoms with Crippen molar-refractivity contribution in [1.82, 2.24) is 15.5 Å². The number of nitrogens with one attached hydrogen (secondary N) is 2. The Morgan fingerprint density at radius 2 is 1.87 bits per heavy atom. The molecule has 1 aliphatic heterocycles. The smallest absolute Gasteiger partial charge is 0.255 e. The molecule has 30 heavy (non-hydrogen) atoms. The minimum absolute atomic E-state index is 0.0609. The highest BCUT2D eigenvalue weighted by Crippen LogP contribution is 2.32. The standard InChI is InChI=1S/C22H24FN3O4/c1-26-20(28)13-17(21(26)14-7-9-15(23)10-8-14)25-19(27)11-12-24-22(29)16-5-3-4-6-18(16)30-2/h3-10,17,21H,11-13H2,1-2H3,(H,24,29)(H,25,27)/t17-,21+/m0/s1. The lowest BCUT2D eigenvalue weighted by molar-refractivity contribution is -0.127. The van der Waals surface area contributed by atoms with Gasteiger partial charge >= 0.3 is 0 Å². The van der Waals surface area contributed by atoms with Crippen molar-refractivity contribution in [2.75, 3.05) is 20.7 Å². The summed E-state index contributed by atoms with van der Waals surface area (Å²) in [7, 11) is 3.15. The number of carbonyl (C=O) groups is 3. The largest absolute Gasteiger partial charge is 0.496 e. The molecule has 2 N–H and O–H groups in total. The van der Waals surface area contributed by atoms with E-state index >= 15 is 0 Å². The second-order valence-electron chi connectivity index (χ2n) is 7.09. The van der Waals surface area contributed by atoms with Crippen LogP contribution in [0.15, 0.2) is 48.5 Å². The number of ether oxygens (including phenoxy) is 1. The zero-order valence-electron chi connectivity index (χ0n) is 16.9. The molecular formula is C22H24FN3O4. The number of rotatable bonds is 7. The fourth-order valence-electron chi connectivity index (χ4n) is 3.61. The molecule has 0 saturated carbocycles. The highest BCUT2D eigenvalue weighted by atomic mass is 19.1. The van der Waals surface area contributed by atoms with Crippen LogP contribution in [0.3, 0.4) is 0 Å². The molecule has 1 fully saturated rings. The number of likely N-dealkylation sites (tertiary alicyclic amines) is 1. The molecule has 3 rings (SSSR count). The number of hydrogen-bond acceptors (Lipinski definition) is 4. The first-order valence-corrected chi connectivity index (χ1v) is 9.62. The SMILES string of the molecule is COc1ccccc1C(=O)NCCC(=O)N[C@H]1CC(=O)N(C)[C@@H]1c1ccc(F)cc1. The van der Waals surface area contributed by atoms with Crippen LogP contribution in [0, 0.1) is 5.82 Å². The van der Waals surface area contributed by atoms with E-state index in [9.17, 15) is 18.8 Å². The van der Waals surface area contributed by atoms with Crippen LogP contribution in [0.1, 0.15) is 34.8 Å². The Hall–Kier alpha value is -3.42. The van der Waals surface area contributed by atoms with Crippen molar-refractivity contribution in [3.8, 4) is 5.75 Å². The van der Waals surface area contributed by atoms with Gasteiger partial charge in [-0.05, 0) is 29.8 Å². The lowest BCUT2D eigenvalue weighted by Crippen LogP contribution is -2.40. The van der Waals surface area contributed by atoms with Gasteiger partial charge in [0.2, 0.25) is 11.8 Å². The molecule has 1 saturated heterocycles. The zero-order chi connectivity index (χ0) is 21.7. The van der Waals surface area contributed by atoms with E-state index < -0.39 is 6.04 Å². The van der Waals surface area contributed by atoms with Crippen LogP contribution >= 0.6 is 0 Å². The van der Waals surface area contributed by atoms with Crippen LogP contribution < -0.4 is 15.4 Å². The lowest BCUT2D eigenvalue weighted by Gasteiger charge is -2.26. The molecule has 158 valence electrons. The van der Waals surface area contributed by atoms with Crippen LogP contribution in [0.5, 0.6) is 5.75 Å². The summed E-state index contributed by atoms with van der Waals surface area (Å²) in [6.07, 6.45) is 0.225. The number of methoxy groups -OCH3 is 1. The van der Waals surface area contributed by atoms with E-state index in [2.05, 4.69) is 10.6 Å². The van der Waals surface area contributed by atoms with Crippen LogP contribution in [0.2, 0.25) is 0 Å². The van der Waals surface area contributed by atoms with E-state index in [1.165, 1.54) is 19.2 Å². The Bertz CT molecular complexity index is 932. The maximum atomic E-state index is 13.2. The van der Waals surface area contributed by atoms with Crippen LogP contribution in [0.4, 0.5) is 4.39 Å². The number of para-hydroxylation sites is 1. The summed E-state index contributed by atoms with van der Waals surface area (Å²) >= 11 is 0. The van der Waals surface area contributed by atoms with Crippen molar-refractivity contribution in [1.29, 1.82) is 0 Å². The van der Waals surface area contributed by atoms with E-state index in [-0.39, 0.29) is 49.0 Å². The molecule has 2 atom stereocenters. The Labute approximate surface area is 174 Å². The van der Waals surface area contributed by atoms with Gasteiger partial charge in [-0.2, -0.15) is 0 Å². The maximum Gasteiger partial charge on any atom is 0.255 e. The van der Waals surface area contributed by atoms with Crippen molar-refractivity contribution >= 4 is 17.7 Å². The Balaban J connectivity index is 1.56. The first-order valence-electron chi connectivity index (χ1n) is 9.62. The molecule has 1 aliphatic rings. The average Bonchev–Trinajstić information content (AvgIpc) is 3.01. The molecular weight excluding hydrogens is 389 g/mol. The number of halogens is 1. The van der Waals surface area contributed by atoms with E-state index in [0.29, 0.717) is 11.3 Å². The fourth-order valence-corrected chi connectivity index (χ4v) is 3.61. The van der Waals surface area contributed by atoms with E-state index in [1.807, 2.05) is 0 Å². The predicted octanol–water partition coefficient (Wildman–Crippen LogP) is 2.04. The Morgan fingerprint density at radius 1 is 1.17 bits per heavy atom. The molecule has 0 spiro atoms. The van der Waals surface area contributed by atoms with Crippen LogP contribution in [0.25, 0.3) is 0 Å². The third kappa shape index (κ3) is 4.76. The quantitative estimate of drug-likeness (QED) is 0.727. The lowest BCUT2D eigenvalue weighted by atomic mass is 10.00. The van der Waals surface area contributed by atoms with Gasteiger partial charge in [0, 0.05) is 26.4 Å². The molecule has 0 radical (unpaired) electrons. The number of likely N-dealkylation sites (N-methyl/N-ethyl adjacent to an activating group) is 1. The van der Waals surface area contributed by atoms with Gasteiger partial charge in [0.25, 0.3) is 5.91 Å². The van der Waals surface area contributed by atoms with Gasteiger partial charge in [0.1, 0.15) is 11.6 Å². The zero-order valence-corrected chi connectivity index (χ0v) is 16.9. The molecule has 7 nitrogen and oxygen atoms in total. The summed E-state index contributed by atoms with van der Waals surface area (Å²) in [6, 6.07) is 11.9. The summed E-state index contributed by atoms with van der Waals surface area (Å²) in [5.74, 6) is -0.624. The Morgan fingerprint density at radius 3 is 2.57 bits per heavy atom. The molecule has 2 aromatic carbocycles. The minimum Gasteiger partial charge on any atom is -0.496 e. The van der Waals surface area contributed by atoms with Gasteiger partial charge in [0.15, 0.2) is 0 Å². The summed E-state index contributed by atoms with van der Waals surface area (Å²) in [5.41, 5.74) is 1.14. The van der Waals surface area contributed by atoms with Gasteiger partial charge in [0.05, 0.1) is 24.8 Å². The number of benzene rings is 2. The summed E-state index contributed by atoms with van der Waals surface area (Å²) in [6.45, 7) is 0.139. The van der Waals surface area contributed by atoms with Gasteiger partial charge in [-0.3, -0.25) is 14.4 Å². The molecule has 0 aliphatic carbocycles. The predicted molar refractivity (Wildman–Crippen MR) is 108 cm³/mol. The summed E-state index contributed by atoms with van der Waals surface area (Å²) in [4.78, 5) is 38.4. The van der Waals surface area contributed by atoms with Crippen LogP contribution in [-0.2, 0) is 9.59 Å². The molecule has 3 amide bonds. The topological polar surface area (TPSA) is 87.7 Å². The highest BCUT2D eigenvalue weighted by molar-refractivity contribution is 5.97. The normalized spacial score (nSPS) is 18.2. The fraction of sp³-hybridized carbons (Fsp3) is 0.318. The van der Waals surface area contributed by atoms with Crippen molar-refractivity contribution in [3.63, 3.8) is 0 Å². The van der Waals surface area contributed by atoms with E-state index in [1.54, 1.807) is 48.3 Å².